The molecule has 2 N–H and O–H groups in total. The smallest absolute Gasteiger partial charge is 0.272 e. The highest BCUT2D eigenvalue weighted by Gasteiger charge is 2.21. The monoisotopic (exact) mass is 413 g/mol. The van der Waals surface area contributed by atoms with Gasteiger partial charge in [0.2, 0.25) is 0 Å². The Kier molecular flexibility index (Phi) is 5.64. The fraction of sp³-hybridized carbons (Fsp3) is 0.400. The number of aryl methyl sites for hydroxylation is 2. The van der Waals surface area contributed by atoms with E-state index in [9.17, 15) is 4.79 Å². The molecule has 0 atom stereocenters. The van der Waals surface area contributed by atoms with E-state index >= 15 is 0 Å². The van der Waals surface area contributed by atoms with Crippen LogP contribution in [0.3, 0.4) is 0 Å². The minimum atomic E-state index is -0.0752. The summed E-state index contributed by atoms with van der Waals surface area (Å²) in [5.74, 6) is 1.74. The van der Waals surface area contributed by atoms with E-state index in [0.29, 0.717) is 30.4 Å². The first-order valence-corrected chi connectivity index (χ1v) is 10.1. The number of carbonyl (C=O) groups is 1. The van der Waals surface area contributed by atoms with Crippen molar-refractivity contribution in [1.82, 2.24) is 25.6 Å². The number of aliphatic imine (C=N–C) groups is 1. The van der Waals surface area contributed by atoms with Gasteiger partial charge in [-0.05, 0) is 31.5 Å². The predicted molar refractivity (Wildman–Crippen MR) is 114 cm³/mol. The SMILES string of the molecule is Cc1nc(N=C2CCN(c3ccc(C)c(Cl)c3)N2)cc(C(=O)N2CCNCC2)n1. The number of hydrogen-bond donors (Lipinski definition) is 2. The molecule has 0 radical (unpaired) electrons. The summed E-state index contributed by atoms with van der Waals surface area (Å²) in [6.45, 7) is 7.49. The van der Waals surface area contributed by atoms with Crippen LogP contribution in [-0.2, 0) is 0 Å². The van der Waals surface area contributed by atoms with Crippen molar-refractivity contribution >= 4 is 34.8 Å². The minimum absolute atomic E-state index is 0.0752. The molecule has 4 rings (SSSR count). The molecular formula is C20H24ClN7O. The Morgan fingerprint density at radius 1 is 1.14 bits per heavy atom. The van der Waals surface area contributed by atoms with Gasteiger partial charge in [-0.15, -0.1) is 0 Å². The number of hydrazine groups is 1. The van der Waals surface area contributed by atoms with Gasteiger partial charge in [0.15, 0.2) is 5.82 Å². The lowest BCUT2D eigenvalue weighted by molar-refractivity contribution is 0.0729. The quantitative estimate of drug-likeness (QED) is 0.802. The molecule has 0 unspecified atom stereocenters. The fourth-order valence-corrected chi connectivity index (χ4v) is 3.57. The van der Waals surface area contributed by atoms with E-state index in [4.69, 9.17) is 11.6 Å². The standard InChI is InChI=1S/C20H24ClN7O/c1-13-3-4-15(11-16(13)21)28-8-5-18(26-28)25-19-12-17(23-14(2)24-19)20(29)27-9-6-22-7-10-27/h3-4,11-12,22H,5-10H2,1-2H3,(H,23,24,25,26). The molecule has 9 heteroatoms. The molecule has 1 aromatic heterocycles. The molecule has 2 saturated heterocycles. The van der Waals surface area contributed by atoms with Crippen LogP contribution in [0.5, 0.6) is 0 Å². The summed E-state index contributed by atoms with van der Waals surface area (Å²) in [6.07, 6.45) is 0.746. The van der Waals surface area contributed by atoms with E-state index in [1.165, 1.54) is 0 Å². The van der Waals surface area contributed by atoms with Gasteiger partial charge in [0.05, 0.1) is 5.69 Å². The Bertz CT molecular complexity index is 956. The fourth-order valence-electron chi connectivity index (χ4n) is 3.40. The van der Waals surface area contributed by atoms with Crippen LogP contribution < -0.4 is 15.8 Å². The first-order valence-electron chi connectivity index (χ1n) is 9.73. The molecule has 0 bridgehead atoms. The van der Waals surface area contributed by atoms with Gasteiger partial charge in [-0.25, -0.2) is 15.0 Å². The summed E-state index contributed by atoms with van der Waals surface area (Å²) in [5.41, 5.74) is 5.71. The molecule has 0 saturated carbocycles. The molecule has 3 heterocycles. The zero-order valence-electron chi connectivity index (χ0n) is 16.6. The molecule has 0 aliphatic carbocycles. The Labute approximate surface area is 175 Å². The van der Waals surface area contributed by atoms with Crippen molar-refractivity contribution in [2.75, 3.05) is 37.7 Å². The number of amidine groups is 1. The number of benzene rings is 1. The average molecular weight is 414 g/mol. The summed E-state index contributed by atoms with van der Waals surface area (Å²) in [6, 6.07) is 7.62. The summed E-state index contributed by atoms with van der Waals surface area (Å²) in [4.78, 5) is 27.9. The van der Waals surface area contributed by atoms with Crippen LogP contribution in [0.4, 0.5) is 11.5 Å². The molecule has 2 fully saturated rings. The van der Waals surface area contributed by atoms with E-state index in [1.54, 1.807) is 13.0 Å². The molecule has 152 valence electrons. The highest BCUT2D eigenvalue weighted by Crippen LogP contribution is 2.24. The third kappa shape index (κ3) is 4.49. The molecule has 2 aromatic rings. The molecule has 1 aromatic carbocycles. The molecule has 1 amide bonds. The number of nitrogens with zero attached hydrogens (tertiary/aromatic N) is 5. The second-order valence-corrected chi connectivity index (χ2v) is 7.61. The van der Waals surface area contributed by atoms with Crippen molar-refractivity contribution in [1.29, 1.82) is 0 Å². The molecular weight excluding hydrogens is 390 g/mol. The average Bonchev–Trinajstić information content (AvgIpc) is 3.18. The van der Waals surface area contributed by atoms with Gasteiger partial charge >= 0.3 is 0 Å². The third-order valence-corrected chi connectivity index (χ3v) is 5.41. The maximum Gasteiger partial charge on any atom is 0.272 e. The van der Waals surface area contributed by atoms with Gasteiger partial charge in [-0.1, -0.05) is 17.7 Å². The molecule has 29 heavy (non-hydrogen) atoms. The third-order valence-electron chi connectivity index (χ3n) is 5.00. The van der Waals surface area contributed by atoms with Gasteiger partial charge < -0.3 is 10.2 Å². The zero-order chi connectivity index (χ0) is 20.4. The second-order valence-electron chi connectivity index (χ2n) is 7.21. The number of aromatic nitrogens is 2. The number of anilines is 1. The van der Waals surface area contributed by atoms with Gasteiger partial charge in [0.25, 0.3) is 5.91 Å². The Balaban J connectivity index is 1.51. The van der Waals surface area contributed by atoms with Gasteiger partial charge in [0.1, 0.15) is 17.4 Å². The summed E-state index contributed by atoms with van der Waals surface area (Å²) in [5, 5.41) is 5.98. The minimum Gasteiger partial charge on any atom is -0.335 e. The van der Waals surface area contributed by atoms with Crippen molar-refractivity contribution < 1.29 is 4.79 Å². The largest absolute Gasteiger partial charge is 0.335 e. The van der Waals surface area contributed by atoms with Crippen LogP contribution in [0.1, 0.15) is 28.3 Å². The lowest BCUT2D eigenvalue weighted by atomic mass is 10.2. The highest BCUT2D eigenvalue weighted by molar-refractivity contribution is 6.31. The number of piperazine rings is 1. The van der Waals surface area contributed by atoms with Gasteiger partial charge in [-0.2, -0.15) is 0 Å². The summed E-state index contributed by atoms with van der Waals surface area (Å²) >= 11 is 6.25. The lowest BCUT2D eigenvalue weighted by Gasteiger charge is -2.27. The van der Waals surface area contributed by atoms with Crippen LogP contribution >= 0.6 is 11.6 Å². The first-order chi connectivity index (χ1) is 14.0. The first kappa shape index (κ1) is 19.6. The van der Waals surface area contributed by atoms with E-state index in [1.807, 2.05) is 35.0 Å². The van der Waals surface area contributed by atoms with E-state index in [0.717, 1.165) is 48.2 Å². The zero-order valence-corrected chi connectivity index (χ0v) is 17.3. The van der Waals surface area contributed by atoms with E-state index in [2.05, 4.69) is 25.7 Å². The van der Waals surface area contributed by atoms with E-state index < -0.39 is 0 Å². The van der Waals surface area contributed by atoms with Crippen molar-refractivity contribution in [3.8, 4) is 0 Å². The van der Waals surface area contributed by atoms with Crippen LogP contribution in [0.25, 0.3) is 0 Å². The summed E-state index contributed by atoms with van der Waals surface area (Å²) < 4.78 is 0. The highest BCUT2D eigenvalue weighted by atomic mass is 35.5. The lowest BCUT2D eigenvalue weighted by Crippen LogP contribution is -2.46. The second kappa shape index (κ2) is 8.34. The Morgan fingerprint density at radius 2 is 1.93 bits per heavy atom. The van der Waals surface area contributed by atoms with Gasteiger partial charge in [-0.3, -0.25) is 15.2 Å². The maximum atomic E-state index is 12.8. The Hall–Kier alpha value is -2.71. The Morgan fingerprint density at radius 3 is 2.69 bits per heavy atom. The van der Waals surface area contributed by atoms with Crippen molar-refractivity contribution in [3.05, 3.63) is 46.4 Å². The van der Waals surface area contributed by atoms with Crippen molar-refractivity contribution in [2.45, 2.75) is 20.3 Å². The predicted octanol–water partition coefficient (Wildman–Crippen LogP) is 2.24. The number of hydrogen-bond acceptors (Lipinski definition) is 6. The van der Waals surface area contributed by atoms with Crippen LogP contribution in [0, 0.1) is 13.8 Å². The number of carbonyl (C=O) groups excluding carboxylic acids is 1. The topological polar surface area (TPSA) is 85.8 Å². The maximum absolute atomic E-state index is 12.8. The number of halogens is 1. The van der Waals surface area contributed by atoms with Crippen LogP contribution in [0.15, 0.2) is 29.3 Å². The number of amides is 1. The van der Waals surface area contributed by atoms with Crippen LogP contribution in [-0.4, -0.2) is 59.3 Å². The van der Waals surface area contributed by atoms with Crippen molar-refractivity contribution in [3.63, 3.8) is 0 Å². The van der Waals surface area contributed by atoms with Crippen LogP contribution in [0.2, 0.25) is 5.02 Å². The van der Waals surface area contributed by atoms with Gasteiger partial charge in [0, 0.05) is 50.2 Å². The number of nitrogens with one attached hydrogen (secondary N) is 2. The van der Waals surface area contributed by atoms with Crippen molar-refractivity contribution in [2.24, 2.45) is 4.99 Å². The number of rotatable bonds is 3. The molecule has 2 aliphatic rings. The molecule has 0 spiro atoms. The molecule has 8 nitrogen and oxygen atoms in total. The summed E-state index contributed by atoms with van der Waals surface area (Å²) in [7, 11) is 0. The van der Waals surface area contributed by atoms with E-state index in [-0.39, 0.29) is 5.91 Å². The normalized spacial score (nSPS) is 18.2. The molecule has 2 aliphatic heterocycles.